The van der Waals surface area contributed by atoms with Crippen molar-refractivity contribution in [2.75, 3.05) is 20.8 Å². The number of ether oxygens (including phenoxy) is 3. The number of aromatic nitrogens is 1. The second-order valence-corrected chi connectivity index (χ2v) is 5.84. The van der Waals surface area contributed by atoms with Crippen molar-refractivity contribution in [3.05, 3.63) is 44.7 Å². The number of esters is 1. The maximum Gasteiger partial charge on any atom is 0.343 e. The van der Waals surface area contributed by atoms with Gasteiger partial charge in [-0.05, 0) is 19.9 Å². The highest BCUT2D eigenvalue weighted by Gasteiger charge is 2.26. The van der Waals surface area contributed by atoms with E-state index in [1.807, 2.05) is 0 Å². The van der Waals surface area contributed by atoms with Crippen molar-refractivity contribution in [1.82, 2.24) is 4.57 Å². The van der Waals surface area contributed by atoms with Crippen LogP contribution in [-0.4, -0.2) is 37.7 Å². The highest BCUT2D eigenvalue weighted by Crippen LogP contribution is 2.30. The summed E-state index contributed by atoms with van der Waals surface area (Å²) in [4.78, 5) is 24.8. The van der Waals surface area contributed by atoms with E-state index in [0.717, 1.165) is 0 Å². The normalized spacial score (nSPS) is 12.6. The third kappa shape index (κ3) is 3.44. The van der Waals surface area contributed by atoms with Gasteiger partial charge in [0.2, 0.25) is 5.43 Å². The van der Waals surface area contributed by atoms with Gasteiger partial charge in [-0.3, -0.25) is 4.79 Å². The van der Waals surface area contributed by atoms with E-state index in [4.69, 9.17) is 25.8 Å². The van der Waals surface area contributed by atoms with Crippen LogP contribution in [0.15, 0.2) is 17.1 Å². The van der Waals surface area contributed by atoms with Gasteiger partial charge >= 0.3 is 5.97 Å². The molecule has 0 spiro atoms. The van der Waals surface area contributed by atoms with Gasteiger partial charge in [-0.1, -0.05) is 11.6 Å². The molecule has 0 saturated heterocycles. The van der Waals surface area contributed by atoms with Gasteiger partial charge in [-0.15, -0.1) is 0 Å². The molecule has 1 aromatic heterocycles. The van der Waals surface area contributed by atoms with Gasteiger partial charge in [-0.2, -0.15) is 0 Å². The maximum absolute atomic E-state index is 14.0. The standard InChI is InChI=1S/C17H18ClF2NO5/c1-5-26-16(23)10-7-21(8(2)17(24-3)25-4)14-9(15(10)22)6-11(19)13(20)12(14)18/h6-8,17H,5H2,1-4H3/t8-/m0/s1. The van der Waals surface area contributed by atoms with Crippen molar-refractivity contribution in [3.8, 4) is 0 Å². The summed E-state index contributed by atoms with van der Waals surface area (Å²) >= 11 is 5.96. The van der Waals surface area contributed by atoms with Gasteiger partial charge in [0, 0.05) is 20.4 Å². The van der Waals surface area contributed by atoms with Crippen LogP contribution in [0.2, 0.25) is 5.02 Å². The van der Waals surface area contributed by atoms with Gasteiger partial charge < -0.3 is 18.8 Å². The average molecular weight is 390 g/mol. The zero-order valence-electron chi connectivity index (χ0n) is 14.6. The second kappa shape index (κ2) is 8.11. The Morgan fingerprint density at radius 2 is 1.92 bits per heavy atom. The Balaban J connectivity index is 2.91. The number of methoxy groups -OCH3 is 2. The third-order valence-electron chi connectivity index (χ3n) is 3.94. The predicted molar refractivity (Wildman–Crippen MR) is 91.6 cm³/mol. The van der Waals surface area contributed by atoms with Gasteiger partial charge in [-0.25, -0.2) is 13.6 Å². The third-order valence-corrected chi connectivity index (χ3v) is 4.29. The van der Waals surface area contributed by atoms with Crippen LogP contribution in [0.4, 0.5) is 8.78 Å². The first-order chi connectivity index (χ1) is 12.3. The fourth-order valence-corrected chi connectivity index (χ4v) is 3.00. The van der Waals surface area contributed by atoms with Gasteiger partial charge in [0.1, 0.15) is 10.6 Å². The summed E-state index contributed by atoms with van der Waals surface area (Å²) in [5, 5.41) is -0.831. The van der Waals surface area contributed by atoms with Crippen LogP contribution in [0.5, 0.6) is 0 Å². The van der Waals surface area contributed by atoms with Crippen molar-refractivity contribution in [1.29, 1.82) is 0 Å². The molecule has 0 bridgehead atoms. The number of nitrogens with zero attached hydrogens (tertiary/aromatic N) is 1. The SMILES string of the molecule is CCOC(=O)c1cn([C@@H](C)C(OC)OC)c2c(Cl)c(F)c(F)cc2c1=O. The van der Waals surface area contributed by atoms with Crippen molar-refractivity contribution in [2.45, 2.75) is 26.2 Å². The molecule has 142 valence electrons. The summed E-state index contributed by atoms with van der Waals surface area (Å²) in [5.74, 6) is -3.47. The summed E-state index contributed by atoms with van der Waals surface area (Å²) in [6, 6.07) is 0.0723. The van der Waals surface area contributed by atoms with E-state index in [1.165, 1.54) is 25.0 Å². The number of fused-ring (bicyclic) bond motifs is 1. The summed E-state index contributed by atoms with van der Waals surface area (Å²) in [6.45, 7) is 3.27. The Morgan fingerprint density at radius 1 is 1.31 bits per heavy atom. The Bertz CT molecular complexity index is 895. The van der Waals surface area contributed by atoms with E-state index in [2.05, 4.69) is 0 Å². The lowest BCUT2D eigenvalue weighted by Gasteiger charge is -2.26. The quantitative estimate of drug-likeness (QED) is 0.431. The number of benzene rings is 1. The number of hydrogen-bond acceptors (Lipinski definition) is 5. The molecule has 0 N–H and O–H groups in total. The van der Waals surface area contributed by atoms with Crippen LogP contribution in [0.25, 0.3) is 10.9 Å². The molecule has 0 aliphatic carbocycles. The van der Waals surface area contributed by atoms with Crippen LogP contribution in [0.3, 0.4) is 0 Å². The first-order valence-electron chi connectivity index (χ1n) is 7.73. The highest BCUT2D eigenvalue weighted by molar-refractivity contribution is 6.35. The zero-order valence-corrected chi connectivity index (χ0v) is 15.4. The van der Waals surface area contributed by atoms with Crippen LogP contribution < -0.4 is 5.43 Å². The van der Waals surface area contributed by atoms with E-state index in [9.17, 15) is 18.4 Å². The lowest BCUT2D eigenvalue weighted by atomic mass is 10.1. The first kappa shape index (κ1) is 20.3. The first-order valence-corrected chi connectivity index (χ1v) is 8.11. The van der Waals surface area contributed by atoms with Gasteiger partial charge in [0.05, 0.1) is 23.6 Å². The molecular weight excluding hydrogens is 372 g/mol. The molecule has 26 heavy (non-hydrogen) atoms. The van der Waals surface area contributed by atoms with Crippen molar-refractivity contribution in [2.24, 2.45) is 0 Å². The molecule has 1 aromatic carbocycles. The molecule has 0 fully saturated rings. The minimum absolute atomic E-state index is 0.0448. The average Bonchev–Trinajstić information content (AvgIpc) is 2.61. The van der Waals surface area contributed by atoms with Crippen molar-refractivity contribution < 1.29 is 27.8 Å². The van der Waals surface area contributed by atoms with Crippen molar-refractivity contribution >= 4 is 28.5 Å². The summed E-state index contributed by atoms with van der Waals surface area (Å²) < 4.78 is 44.4. The Labute approximate surface area is 153 Å². The molecule has 0 aliphatic rings. The molecule has 0 unspecified atom stereocenters. The summed E-state index contributed by atoms with van der Waals surface area (Å²) in [5.41, 5.74) is -1.22. The number of pyridine rings is 1. The molecule has 6 nitrogen and oxygen atoms in total. The van der Waals surface area contributed by atoms with Crippen LogP contribution in [0.1, 0.15) is 30.2 Å². The molecule has 0 saturated carbocycles. The van der Waals surface area contributed by atoms with E-state index in [0.29, 0.717) is 6.07 Å². The monoisotopic (exact) mass is 389 g/mol. The minimum Gasteiger partial charge on any atom is -0.462 e. The topological polar surface area (TPSA) is 66.8 Å². The Morgan fingerprint density at radius 3 is 2.46 bits per heavy atom. The minimum atomic E-state index is -1.30. The molecule has 1 atom stereocenters. The predicted octanol–water partition coefficient (Wildman–Crippen LogP) is 3.29. The smallest absolute Gasteiger partial charge is 0.343 e. The number of rotatable bonds is 6. The van der Waals surface area contributed by atoms with E-state index >= 15 is 0 Å². The van der Waals surface area contributed by atoms with Crippen LogP contribution in [0, 0.1) is 11.6 Å². The molecule has 2 rings (SSSR count). The molecule has 1 heterocycles. The van der Waals surface area contributed by atoms with Crippen molar-refractivity contribution in [3.63, 3.8) is 0 Å². The largest absolute Gasteiger partial charge is 0.462 e. The van der Waals surface area contributed by atoms with Gasteiger partial charge in [0.15, 0.2) is 17.9 Å². The summed E-state index contributed by atoms with van der Waals surface area (Å²) in [6.07, 6.45) is 0.377. The highest BCUT2D eigenvalue weighted by atomic mass is 35.5. The zero-order chi connectivity index (χ0) is 19.6. The lowest BCUT2D eigenvalue weighted by Crippen LogP contribution is -2.29. The maximum atomic E-state index is 14.0. The number of hydrogen-bond donors (Lipinski definition) is 0. The Kier molecular flexibility index (Phi) is 6.33. The molecule has 9 heteroatoms. The number of carbonyl (C=O) groups is 1. The lowest BCUT2D eigenvalue weighted by molar-refractivity contribution is -0.127. The van der Waals surface area contributed by atoms with E-state index < -0.39 is 40.4 Å². The van der Waals surface area contributed by atoms with E-state index in [1.54, 1.807) is 13.8 Å². The molecule has 0 aliphatic heterocycles. The van der Waals surface area contributed by atoms with E-state index in [-0.39, 0.29) is 23.1 Å². The summed E-state index contributed by atoms with van der Waals surface area (Å²) in [7, 11) is 2.78. The molecule has 2 aromatic rings. The molecule has 0 amide bonds. The number of carbonyl (C=O) groups excluding carboxylic acids is 1. The Hall–Kier alpha value is -2.03. The number of halogens is 3. The molecule has 0 radical (unpaired) electrons. The fourth-order valence-electron chi connectivity index (χ4n) is 2.72. The van der Waals surface area contributed by atoms with Gasteiger partial charge in [0.25, 0.3) is 0 Å². The fraction of sp³-hybridized carbons (Fsp3) is 0.412. The van der Waals surface area contributed by atoms with Crippen LogP contribution in [-0.2, 0) is 14.2 Å². The second-order valence-electron chi connectivity index (χ2n) is 5.46. The molecular formula is C17H18ClF2NO5. The van der Waals surface area contributed by atoms with Crippen LogP contribution >= 0.6 is 11.6 Å².